The third kappa shape index (κ3) is 11.2. The number of rotatable bonds is 18. The Morgan fingerprint density at radius 3 is 1.52 bits per heavy atom. The van der Waals surface area contributed by atoms with Gasteiger partial charge in [-0.15, -0.1) is 0 Å². The summed E-state index contributed by atoms with van der Waals surface area (Å²) in [6, 6.07) is -1.02. The molecule has 3 N–H and O–H groups in total. The Hall–Kier alpha value is -1.11. The van der Waals surface area contributed by atoms with E-state index in [2.05, 4.69) is 48.5 Å². The molecule has 0 rings (SSSR count). The van der Waals surface area contributed by atoms with Crippen molar-refractivity contribution < 1.29 is 45.3 Å². The second kappa shape index (κ2) is 14.8. The van der Waals surface area contributed by atoms with Gasteiger partial charge in [0.1, 0.15) is 0 Å². The van der Waals surface area contributed by atoms with Crippen LogP contribution in [0.5, 0.6) is 0 Å². The SMILES string of the molecule is CC(CC(C)(C)OCC(C)C(C)(C)C(C)(C)OCCC(C)(C)C(C)(C)OCC(C)C(C)(C)N)NC(=O)C(C)(C(F)(F)F)C(F)(F)F. The number of nitrogens with two attached hydrogens (primary N) is 1. The average molecular weight is 679 g/mol. The van der Waals surface area contributed by atoms with Gasteiger partial charge in [-0.3, -0.25) is 4.79 Å². The Morgan fingerprint density at radius 1 is 0.674 bits per heavy atom. The molecule has 0 saturated carbocycles. The van der Waals surface area contributed by atoms with Crippen molar-refractivity contribution in [1.82, 2.24) is 5.32 Å². The first kappa shape index (κ1) is 44.9. The van der Waals surface area contributed by atoms with Crippen LogP contribution in [0.1, 0.15) is 124 Å². The molecule has 0 radical (unpaired) electrons. The maximum absolute atomic E-state index is 13.3. The first-order chi connectivity index (χ1) is 20.0. The minimum Gasteiger partial charge on any atom is -0.375 e. The fraction of sp³-hybridized carbons (Fsp3) is 0.971. The molecular formula is C34H64F6N2O4. The second-order valence-electron chi connectivity index (χ2n) is 16.9. The van der Waals surface area contributed by atoms with Crippen molar-refractivity contribution in [2.45, 2.75) is 164 Å². The lowest BCUT2D eigenvalue weighted by atomic mass is 9.68. The summed E-state index contributed by atoms with van der Waals surface area (Å²) in [5.74, 6) is -2.02. The molecule has 0 aliphatic rings. The molecule has 0 spiro atoms. The Bertz CT molecular complexity index is 968. The molecule has 6 nitrogen and oxygen atoms in total. The summed E-state index contributed by atoms with van der Waals surface area (Å²) in [5.41, 5.74) is -1.22. The van der Waals surface area contributed by atoms with Crippen LogP contribution in [-0.4, -0.2) is 66.5 Å². The highest BCUT2D eigenvalue weighted by Gasteiger charge is 2.72. The third-order valence-corrected chi connectivity index (χ3v) is 11.1. The van der Waals surface area contributed by atoms with E-state index < -0.39 is 51.9 Å². The van der Waals surface area contributed by atoms with E-state index in [-0.39, 0.29) is 42.7 Å². The van der Waals surface area contributed by atoms with Gasteiger partial charge in [-0.05, 0) is 105 Å². The van der Waals surface area contributed by atoms with Crippen LogP contribution in [0.4, 0.5) is 26.3 Å². The van der Waals surface area contributed by atoms with Crippen LogP contribution >= 0.6 is 0 Å². The van der Waals surface area contributed by atoms with Crippen molar-refractivity contribution in [1.29, 1.82) is 0 Å². The number of carbonyl (C=O) groups excluding carboxylic acids is 1. The van der Waals surface area contributed by atoms with Crippen LogP contribution < -0.4 is 11.1 Å². The molecule has 12 heteroatoms. The van der Waals surface area contributed by atoms with Crippen molar-refractivity contribution in [3.05, 3.63) is 0 Å². The summed E-state index contributed by atoms with van der Waals surface area (Å²) in [5, 5.41) is 1.90. The lowest BCUT2D eigenvalue weighted by Gasteiger charge is -2.47. The molecule has 0 saturated heterocycles. The van der Waals surface area contributed by atoms with E-state index in [1.807, 2.05) is 39.9 Å². The summed E-state index contributed by atoms with van der Waals surface area (Å²) in [6.45, 7) is 30.6. The molecule has 0 fully saturated rings. The third-order valence-electron chi connectivity index (χ3n) is 11.1. The average Bonchev–Trinajstić information content (AvgIpc) is 2.82. The molecule has 0 aromatic heterocycles. The number of hydrogen-bond acceptors (Lipinski definition) is 5. The van der Waals surface area contributed by atoms with Crippen LogP contribution in [0.3, 0.4) is 0 Å². The minimum absolute atomic E-state index is 0.00787. The predicted molar refractivity (Wildman–Crippen MR) is 171 cm³/mol. The molecule has 0 aromatic carbocycles. The molecule has 46 heavy (non-hydrogen) atoms. The van der Waals surface area contributed by atoms with Crippen molar-refractivity contribution in [2.24, 2.45) is 33.8 Å². The molecule has 0 aliphatic heterocycles. The van der Waals surface area contributed by atoms with Crippen molar-refractivity contribution >= 4 is 5.91 Å². The lowest BCUT2D eigenvalue weighted by molar-refractivity contribution is -0.319. The van der Waals surface area contributed by atoms with E-state index in [0.717, 1.165) is 6.42 Å². The van der Waals surface area contributed by atoms with E-state index in [1.165, 1.54) is 6.92 Å². The zero-order valence-corrected chi connectivity index (χ0v) is 31.2. The van der Waals surface area contributed by atoms with E-state index in [0.29, 0.717) is 13.2 Å². The quantitative estimate of drug-likeness (QED) is 0.142. The van der Waals surface area contributed by atoms with Crippen LogP contribution in [-0.2, 0) is 19.0 Å². The Morgan fingerprint density at radius 2 is 1.11 bits per heavy atom. The van der Waals surface area contributed by atoms with Gasteiger partial charge in [0.2, 0.25) is 11.3 Å². The molecule has 0 bridgehead atoms. The monoisotopic (exact) mass is 678 g/mol. The number of ether oxygens (including phenoxy) is 3. The maximum atomic E-state index is 13.3. The van der Waals surface area contributed by atoms with Gasteiger partial charge in [0, 0.05) is 18.2 Å². The minimum atomic E-state index is -5.81. The van der Waals surface area contributed by atoms with E-state index in [9.17, 15) is 31.1 Å². The number of alkyl halides is 6. The number of hydrogen-bond donors (Lipinski definition) is 2. The first-order valence-corrected chi connectivity index (χ1v) is 16.1. The fourth-order valence-electron chi connectivity index (χ4n) is 4.58. The van der Waals surface area contributed by atoms with Gasteiger partial charge in [0.05, 0.1) is 30.0 Å². The van der Waals surface area contributed by atoms with Gasteiger partial charge >= 0.3 is 12.4 Å². The van der Waals surface area contributed by atoms with Gasteiger partial charge in [-0.1, -0.05) is 41.5 Å². The molecule has 0 aromatic rings. The molecule has 3 atom stereocenters. The summed E-state index contributed by atoms with van der Waals surface area (Å²) >= 11 is 0. The number of nitrogens with one attached hydrogen (secondary N) is 1. The predicted octanol–water partition coefficient (Wildman–Crippen LogP) is 8.85. The van der Waals surface area contributed by atoms with Crippen molar-refractivity contribution in [2.75, 3.05) is 19.8 Å². The van der Waals surface area contributed by atoms with Gasteiger partial charge in [-0.25, -0.2) is 0 Å². The maximum Gasteiger partial charge on any atom is 0.411 e. The molecule has 3 unspecified atom stereocenters. The smallest absolute Gasteiger partial charge is 0.375 e. The zero-order chi connectivity index (χ0) is 37.2. The van der Waals surface area contributed by atoms with Gasteiger partial charge < -0.3 is 25.3 Å². The zero-order valence-electron chi connectivity index (χ0n) is 31.2. The molecule has 276 valence electrons. The van der Waals surface area contributed by atoms with Crippen molar-refractivity contribution in [3.8, 4) is 0 Å². The number of carbonyl (C=O) groups is 1. The Kier molecular flexibility index (Phi) is 14.4. The van der Waals surface area contributed by atoms with Crippen molar-refractivity contribution in [3.63, 3.8) is 0 Å². The Labute approximate surface area is 274 Å². The fourth-order valence-corrected chi connectivity index (χ4v) is 4.58. The highest BCUT2D eigenvalue weighted by molar-refractivity contribution is 5.84. The highest BCUT2D eigenvalue weighted by Crippen LogP contribution is 2.50. The van der Waals surface area contributed by atoms with Crippen LogP contribution in [0.15, 0.2) is 0 Å². The van der Waals surface area contributed by atoms with Crippen LogP contribution in [0, 0.1) is 28.1 Å². The largest absolute Gasteiger partial charge is 0.411 e. The molecule has 0 heterocycles. The molecular weight excluding hydrogens is 614 g/mol. The topological polar surface area (TPSA) is 82.8 Å². The standard InChI is InChI=1S/C34H64F6N2O4/c1-22(20-45-27(6,7)19-24(3)42-25(43)32(16,33(35,36)37)34(38,39)40)28(8,9)31(14,15)44-18-17-26(4,5)30(12,13)46-21-23(2)29(10,11)41/h22-24H,17-21,41H2,1-16H3,(H,42,43). The summed E-state index contributed by atoms with van der Waals surface area (Å²) in [7, 11) is 0. The van der Waals surface area contributed by atoms with E-state index in [4.69, 9.17) is 19.9 Å². The van der Waals surface area contributed by atoms with Gasteiger partial charge in [0.25, 0.3) is 0 Å². The molecule has 1 amide bonds. The van der Waals surface area contributed by atoms with Gasteiger partial charge in [-0.2, -0.15) is 26.3 Å². The first-order valence-electron chi connectivity index (χ1n) is 16.1. The van der Waals surface area contributed by atoms with Gasteiger partial charge in [0.15, 0.2) is 0 Å². The lowest BCUT2D eigenvalue weighted by Crippen LogP contribution is -2.59. The Balaban J connectivity index is 5.31. The number of amides is 1. The van der Waals surface area contributed by atoms with E-state index in [1.54, 1.807) is 13.8 Å². The van der Waals surface area contributed by atoms with Crippen LogP contribution in [0.25, 0.3) is 0 Å². The summed E-state index contributed by atoms with van der Waals surface area (Å²) in [6.07, 6.45) is -10.9. The number of halogens is 6. The summed E-state index contributed by atoms with van der Waals surface area (Å²) in [4.78, 5) is 12.2. The second-order valence-corrected chi connectivity index (χ2v) is 16.9. The van der Waals surface area contributed by atoms with E-state index >= 15 is 0 Å². The highest BCUT2D eigenvalue weighted by atomic mass is 19.4. The normalized spacial score (nSPS) is 17.1. The summed E-state index contributed by atoms with van der Waals surface area (Å²) < 4.78 is 98.9. The molecule has 0 aliphatic carbocycles. The van der Waals surface area contributed by atoms with Crippen LogP contribution in [0.2, 0.25) is 0 Å².